The summed E-state index contributed by atoms with van der Waals surface area (Å²) in [5, 5.41) is 0. The van der Waals surface area contributed by atoms with Gasteiger partial charge < -0.3 is 14.4 Å². The highest BCUT2D eigenvalue weighted by Crippen LogP contribution is 2.34. The maximum absolute atomic E-state index is 14.1. The summed E-state index contributed by atoms with van der Waals surface area (Å²) in [6.45, 7) is 17.0. The smallest absolute Gasteiger partial charge is 0.254 e. The van der Waals surface area contributed by atoms with Crippen molar-refractivity contribution in [1.82, 2.24) is 14.9 Å². The molecule has 0 saturated heterocycles. The molecule has 1 aliphatic carbocycles. The summed E-state index contributed by atoms with van der Waals surface area (Å²) in [7, 11) is 0. The van der Waals surface area contributed by atoms with Crippen LogP contribution in [0.5, 0.6) is 5.88 Å². The molecule has 0 spiro atoms. The SMILES string of the molecule is Cc1cccc(C(=O)N(C2CC(OC(C)C)C2)[C@@H](COc2cc(-c3c(C)cccc3C)nc(C)n2)CC(C)C)c1. The van der Waals surface area contributed by atoms with Crippen molar-refractivity contribution in [2.45, 2.75) is 98.9 Å². The van der Waals surface area contributed by atoms with E-state index in [1.165, 1.54) is 11.1 Å². The zero-order valence-corrected chi connectivity index (χ0v) is 25.4. The Morgan fingerprint density at radius 2 is 1.62 bits per heavy atom. The minimum absolute atomic E-state index is 0.0565. The van der Waals surface area contributed by atoms with Crippen LogP contribution in [0, 0.1) is 33.6 Å². The van der Waals surface area contributed by atoms with E-state index in [1.807, 2.05) is 44.2 Å². The fraction of sp³-hybridized carbons (Fsp3) is 0.500. The summed E-state index contributed by atoms with van der Waals surface area (Å²) in [6, 6.07) is 16.1. The van der Waals surface area contributed by atoms with Crippen molar-refractivity contribution in [2.75, 3.05) is 6.61 Å². The van der Waals surface area contributed by atoms with E-state index >= 15 is 0 Å². The van der Waals surface area contributed by atoms with Gasteiger partial charge in [0, 0.05) is 23.2 Å². The number of aryl methyl sites for hydroxylation is 4. The Kier molecular flexibility index (Phi) is 9.62. The van der Waals surface area contributed by atoms with E-state index in [2.05, 4.69) is 69.6 Å². The molecule has 6 heteroatoms. The average molecular weight is 544 g/mol. The van der Waals surface area contributed by atoms with Crippen LogP contribution in [0.25, 0.3) is 11.3 Å². The van der Waals surface area contributed by atoms with Crippen LogP contribution < -0.4 is 4.74 Å². The molecular weight excluding hydrogens is 498 g/mol. The number of aromatic nitrogens is 2. The monoisotopic (exact) mass is 543 g/mol. The van der Waals surface area contributed by atoms with Gasteiger partial charge in [-0.15, -0.1) is 0 Å². The summed E-state index contributed by atoms with van der Waals surface area (Å²) in [6.07, 6.45) is 2.87. The van der Waals surface area contributed by atoms with E-state index in [0.29, 0.717) is 24.2 Å². The lowest BCUT2D eigenvalue weighted by atomic mass is 9.85. The molecule has 214 valence electrons. The van der Waals surface area contributed by atoms with Crippen LogP contribution in [0.1, 0.15) is 79.8 Å². The van der Waals surface area contributed by atoms with Crippen molar-refractivity contribution in [3.8, 4) is 17.1 Å². The predicted molar refractivity (Wildman–Crippen MR) is 161 cm³/mol. The summed E-state index contributed by atoms with van der Waals surface area (Å²) < 4.78 is 12.5. The molecule has 1 heterocycles. The highest BCUT2D eigenvalue weighted by molar-refractivity contribution is 5.95. The maximum Gasteiger partial charge on any atom is 0.254 e. The zero-order chi connectivity index (χ0) is 29.0. The molecule has 1 fully saturated rings. The van der Waals surface area contributed by atoms with Crippen LogP contribution in [0.15, 0.2) is 48.5 Å². The number of hydrogen-bond donors (Lipinski definition) is 0. The van der Waals surface area contributed by atoms with Gasteiger partial charge in [-0.3, -0.25) is 4.79 Å². The largest absolute Gasteiger partial charge is 0.475 e. The summed E-state index contributed by atoms with van der Waals surface area (Å²) >= 11 is 0. The second kappa shape index (κ2) is 12.9. The Hall–Kier alpha value is -3.25. The van der Waals surface area contributed by atoms with E-state index in [9.17, 15) is 4.79 Å². The fourth-order valence-electron chi connectivity index (χ4n) is 5.77. The molecule has 2 aromatic carbocycles. The van der Waals surface area contributed by atoms with E-state index in [0.717, 1.165) is 41.6 Å². The third-order valence-corrected chi connectivity index (χ3v) is 7.54. The molecule has 40 heavy (non-hydrogen) atoms. The molecule has 0 bridgehead atoms. The van der Waals surface area contributed by atoms with Crippen LogP contribution in [-0.4, -0.2) is 51.7 Å². The van der Waals surface area contributed by atoms with Gasteiger partial charge in [-0.1, -0.05) is 49.7 Å². The molecule has 1 saturated carbocycles. The molecule has 1 aliphatic rings. The number of nitrogens with zero attached hydrogens (tertiary/aromatic N) is 3. The van der Waals surface area contributed by atoms with Crippen molar-refractivity contribution in [2.24, 2.45) is 5.92 Å². The van der Waals surface area contributed by atoms with Crippen LogP contribution in [-0.2, 0) is 4.74 Å². The number of rotatable bonds is 11. The fourth-order valence-corrected chi connectivity index (χ4v) is 5.77. The predicted octanol–water partition coefficient (Wildman–Crippen LogP) is 7.27. The van der Waals surface area contributed by atoms with Gasteiger partial charge in [-0.2, -0.15) is 4.98 Å². The quantitative estimate of drug-likeness (QED) is 0.254. The minimum atomic E-state index is -0.100. The van der Waals surface area contributed by atoms with Crippen LogP contribution in [0.4, 0.5) is 0 Å². The van der Waals surface area contributed by atoms with Crippen molar-refractivity contribution < 1.29 is 14.3 Å². The third-order valence-electron chi connectivity index (χ3n) is 7.54. The molecule has 4 rings (SSSR count). The summed E-state index contributed by atoms with van der Waals surface area (Å²) in [5.41, 5.74) is 6.10. The highest BCUT2D eigenvalue weighted by atomic mass is 16.5. The maximum atomic E-state index is 14.1. The topological polar surface area (TPSA) is 64.6 Å². The van der Waals surface area contributed by atoms with E-state index < -0.39 is 0 Å². The molecule has 1 atom stereocenters. The number of carbonyl (C=O) groups excluding carboxylic acids is 1. The van der Waals surface area contributed by atoms with Gasteiger partial charge in [-0.05, 0) is 90.0 Å². The lowest BCUT2D eigenvalue weighted by Crippen LogP contribution is -2.56. The van der Waals surface area contributed by atoms with Gasteiger partial charge in [0.1, 0.15) is 12.4 Å². The zero-order valence-electron chi connectivity index (χ0n) is 25.4. The number of carbonyl (C=O) groups is 1. The lowest BCUT2D eigenvalue weighted by molar-refractivity contribution is -0.0800. The molecule has 0 aliphatic heterocycles. The number of amides is 1. The van der Waals surface area contributed by atoms with Crippen LogP contribution >= 0.6 is 0 Å². The molecule has 1 amide bonds. The van der Waals surface area contributed by atoms with E-state index in [-0.39, 0.29) is 30.2 Å². The lowest BCUT2D eigenvalue weighted by Gasteiger charge is -2.47. The molecule has 0 unspecified atom stereocenters. The van der Waals surface area contributed by atoms with Crippen molar-refractivity contribution in [3.05, 3.63) is 76.6 Å². The van der Waals surface area contributed by atoms with Gasteiger partial charge >= 0.3 is 0 Å². The first-order valence-corrected chi connectivity index (χ1v) is 14.6. The summed E-state index contributed by atoms with van der Waals surface area (Å²) in [5.74, 6) is 1.65. The van der Waals surface area contributed by atoms with Gasteiger partial charge in [0.15, 0.2) is 0 Å². The van der Waals surface area contributed by atoms with Crippen LogP contribution in [0.2, 0.25) is 0 Å². The first-order valence-electron chi connectivity index (χ1n) is 14.6. The number of ether oxygens (including phenoxy) is 2. The summed E-state index contributed by atoms with van der Waals surface area (Å²) in [4.78, 5) is 25.5. The molecule has 0 N–H and O–H groups in total. The minimum Gasteiger partial charge on any atom is -0.475 e. The average Bonchev–Trinajstić information content (AvgIpc) is 2.84. The third kappa shape index (κ3) is 7.28. The first kappa shape index (κ1) is 29.7. The van der Waals surface area contributed by atoms with Gasteiger partial charge in [0.05, 0.1) is 23.9 Å². The van der Waals surface area contributed by atoms with Crippen molar-refractivity contribution in [1.29, 1.82) is 0 Å². The molecule has 6 nitrogen and oxygen atoms in total. The normalized spacial score (nSPS) is 17.6. The first-order chi connectivity index (χ1) is 19.0. The van der Waals surface area contributed by atoms with Crippen LogP contribution in [0.3, 0.4) is 0 Å². The van der Waals surface area contributed by atoms with Crippen molar-refractivity contribution in [3.63, 3.8) is 0 Å². The molecule has 1 aromatic heterocycles. The Morgan fingerprint density at radius 3 is 2.25 bits per heavy atom. The standard InChI is InChI=1S/C34H45N3O3/c1-21(2)15-29(20-39-32-19-31(35-26(8)36-32)33-24(6)12-10-13-25(33)7)37(28-17-30(18-28)40-22(3)4)34(38)27-14-9-11-23(5)16-27/h9-14,16,19,21-22,28-30H,15,17-18,20H2,1-8H3/t28?,29-,30?/m1/s1. The number of hydrogen-bond acceptors (Lipinski definition) is 5. The molecule has 3 aromatic rings. The van der Waals surface area contributed by atoms with E-state index in [4.69, 9.17) is 14.5 Å². The second-order valence-electron chi connectivity index (χ2n) is 12.0. The Balaban J connectivity index is 1.62. The Bertz CT molecular complexity index is 1290. The number of benzene rings is 2. The van der Waals surface area contributed by atoms with E-state index in [1.54, 1.807) is 0 Å². The van der Waals surface area contributed by atoms with Gasteiger partial charge in [0.2, 0.25) is 5.88 Å². The second-order valence-corrected chi connectivity index (χ2v) is 12.0. The van der Waals surface area contributed by atoms with Gasteiger partial charge in [0.25, 0.3) is 5.91 Å². The van der Waals surface area contributed by atoms with Gasteiger partial charge in [-0.25, -0.2) is 4.98 Å². The Morgan fingerprint density at radius 1 is 0.950 bits per heavy atom. The molecular formula is C34H45N3O3. The molecule has 0 radical (unpaired) electrons. The van der Waals surface area contributed by atoms with Crippen molar-refractivity contribution >= 4 is 5.91 Å². The Labute approximate surface area is 240 Å². The highest BCUT2D eigenvalue weighted by Gasteiger charge is 2.41.